The number of carbonyl (C=O) groups excluding carboxylic acids is 1. The van der Waals surface area contributed by atoms with E-state index in [1.807, 2.05) is 26.8 Å². The van der Waals surface area contributed by atoms with Gasteiger partial charge < -0.3 is 4.89 Å². The molecule has 1 aromatic carbocycles. The molecule has 0 aromatic heterocycles. The van der Waals surface area contributed by atoms with Gasteiger partial charge in [-0.15, -0.1) is 0 Å². The van der Waals surface area contributed by atoms with Crippen LogP contribution in [-0.2, 0) is 9.68 Å². The average Bonchev–Trinajstić information content (AvgIpc) is 2.28. The Morgan fingerprint density at radius 2 is 1.72 bits per heavy atom. The Morgan fingerprint density at radius 3 is 1.94 bits per heavy atom. The minimum atomic E-state index is -0.581. The van der Waals surface area contributed by atoms with Crippen LogP contribution < -0.4 is 0 Å². The molecule has 1 rings (SSSR count). The summed E-state index contributed by atoms with van der Waals surface area (Å²) in [6, 6.07) is 10.5. The van der Waals surface area contributed by atoms with Crippen LogP contribution in [0.25, 0.3) is 0 Å². The predicted molar refractivity (Wildman–Crippen MR) is 73.3 cm³/mol. The van der Waals surface area contributed by atoms with E-state index in [9.17, 15) is 4.79 Å². The molecule has 0 fully saturated rings. The molecule has 0 atom stereocenters. The zero-order chi connectivity index (χ0) is 14.2. The maximum atomic E-state index is 10.4. The molecule has 18 heavy (non-hydrogen) atoms. The van der Waals surface area contributed by atoms with Gasteiger partial charge in [0.1, 0.15) is 0 Å². The average molecular weight is 252 g/mol. The van der Waals surface area contributed by atoms with E-state index in [4.69, 9.17) is 5.26 Å². The van der Waals surface area contributed by atoms with Gasteiger partial charge in [0.05, 0.1) is 6.42 Å². The van der Waals surface area contributed by atoms with Crippen molar-refractivity contribution in [1.82, 2.24) is 0 Å². The molecule has 102 valence electrons. The number of hydrogen-bond acceptors (Lipinski definition) is 3. The van der Waals surface area contributed by atoms with Gasteiger partial charge in [-0.1, -0.05) is 65.0 Å². The molecule has 0 unspecified atom stereocenters. The smallest absolute Gasteiger partial charge is 0.301 e. The predicted octanol–water partition coefficient (Wildman–Crippen LogP) is 4.25. The van der Waals surface area contributed by atoms with Crippen LogP contribution in [0.4, 0.5) is 0 Å². The van der Waals surface area contributed by atoms with E-state index in [1.165, 1.54) is 5.56 Å². The first-order valence-electron chi connectivity index (χ1n) is 6.15. The van der Waals surface area contributed by atoms with Crippen molar-refractivity contribution < 1.29 is 14.9 Å². The summed E-state index contributed by atoms with van der Waals surface area (Å²) in [5.41, 5.74) is 1.30. The first kappa shape index (κ1) is 16.6. The van der Waals surface area contributed by atoms with Gasteiger partial charge in [0, 0.05) is 0 Å². The van der Waals surface area contributed by atoms with Gasteiger partial charge >= 0.3 is 5.97 Å². The van der Waals surface area contributed by atoms with E-state index in [1.54, 1.807) is 0 Å². The molecule has 1 N–H and O–H groups in total. The molecule has 3 nitrogen and oxygen atoms in total. The van der Waals surface area contributed by atoms with E-state index in [2.05, 4.69) is 43.0 Å². The van der Waals surface area contributed by atoms with Crippen LogP contribution in [0.3, 0.4) is 0 Å². The van der Waals surface area contributed by atoms with Crippen LogP contribution >= 0.6 is 0 Å². The van der Waals surface area contributed by atoms with Crippen LogP contribution in [0.15, 0.2) is 30.3 Å². The van der Waals surface area contributed by atoms with E-state index in [0.29, 0.717) is 5.92 Å². The Morgan fingerprint density at radius 1 is 1.22 bits per heavy atom. The van der Waals surface area contributed by atoms with Crippen LogP contribution in [0.1, 0.15) is 52.5 Å². The minimum absolute atomic E-state index is 0.111. The number of benzene rings is 1. The van der Waals surface area contributed by atoms with Gasteiger partial charge in [0.15, 0.2) is 0 Å². The molecule has 3 heteroatoms. The van der Waals surface area contributed by atoms with Crippen molar-refractivity contribution in [2.75, 3.05) is 0 Å². The summed E-state index contributed by atoms with van der Waals surface area (Å²) in [7, 11) is 0. The summed E-state index contributed by atoms with van der Waals surface area (Å²) in [6.07, 6.45) is 0.240. The molecule has 0 saturated carbocycles. The molecular formula is C15H24O3. The lowest BCUT2D eigenvalue weighted by Gasteiger charge is -2.14. The minimum Gasteiger partial charge on any atom is -0.301 e. The molecule has 0 aliphatic heterocycles. The highest BCUT2D eigenvalue weighted by atomic mass is 17.1. The fraction of sp³-hybridized carbons (Fsp3) is 0.533. The molecule has 0 bridgehead atoms. The SMILES string of the molecule is CC(C)(C)CC(=O)OO.CC(C)c1ccccc1. The van der Waals surface area contributed by atoms with Crippen molar-refractivity contribution in [1.29, 1.82) is 0 Å². The molecule has 0 saturated heterocycles. The Kier molecular flexibility index (Phi) is 7.29. The third-order valence-electron chi connectivity index (χ3n) is 2.24. The van der Waals surface area contributed by atoms with Crippen molar-refractivity contribution in [3.8, 4) is 0 Å². The van der Waals surface area contributed by atoms with Crippen molar-refractivity contribution in [2.24, 2.45) is 5.41 Å². The lowest BCUT2D eigenvalue weighted by molar-refractivity contribution is -0.236. The summed E-state index contributed by atoms with van der Waals surface area (Å²) in [5.74, 6) is 0.0775. The zero-order valence-corrected chi connectivity index (χ0v) is 11.9. The summed E-state index contributed by atoms with van der Waals surface area (Å²) in [5, 5.41) is 7.85. The van der Waals surface area contributed by atoms with Gasteiger partial charge in [-0.25, -0.2) is 4.79 Å². The first-order chi connectivity index (χ1) is 8.26. The van der Waals surface area contributed by atoms with E-state index in [0.717, 1.165) is 0 Å². The Balaban J connectivity index is 0.000000321. The third-order valence-corrected chi connectivity index (χ3v) is 2.24. The molecular weight excluding hydrogens is 228 g/mol. The molecule has 0 amide bonds. The fourth-order valence-electron chi connectivity index (χ4n) is 1.30. The standard InChI is InChI=1S/C9H12.C6H12O3/c1-8(2)9-6-4-3-5-7-9;1-6(2,3)4-5(7)9-8/h3-8H,1-2H3;8H,4H2,1-3H3. The van der Waals surface area contributed by atoms with Gasteiger partial charge in [0.25, 0.3) is 0 Å². The molecule has 0 heterocycles. The summed E-state index contributed by atoms with van der Waals surface area (Å²) >= 11 is 0. The summed E-state index contributed by atoms with van der Waals surface area (Å²) < 4.78 is 0. The lowest BCUT2D eigenvalue weighted by atomic mass is 9.93. The van der Waals surface area contributed by atoms with Crippen LogP contribution in [0.2, 0.25) is 0 Å². The lowest BCUT2D eigenvalue weighted by Crippen LogP contribution is -2.13. The fourth-order valence-corrected chi connectivity index (χ4v) is 1.30. The molecule has 0 radical (unpaired) electrons. The normalized spacial score (nSPS) is 10.6. The third kappa shape index (κ3) is 8.76. The number of rotatable bonds is 2. The number of hydrogen-bond donors (Lipinski definition) is 1. The zero-order valence-electron chi connectivity index (χ0n) is 11.9. The van der Waals surface area contributed by atoms with Gasteiger partial charge in [-0.2, -0.15) is 5.26 Å². The summed E-state index contributed by atoms with van der Waals surface area (Å²) in [6.45, 7) is 10.1. The molecule has 0 aliphatic rings. The highest BCUT2D eigenvalue weighted by molar-refractivity contribution is 5.69. The maximum absolute atomic E-state index is 10.4. The van der Waals surface area contributed by atoms with Crippen molar-refractivity contribution in [2.45, 2.75) is 47.0 Å². The van der Waals surface area contributed by atoms with Crippen LogP contribution in [0.5, 0.6) is 0 Å². The summed E-state index contributed by atoms with van der Waals surface area (Å²) in [4.78, 5) is 13.8. The van der Waals surface area contributed by atoms with Gasteiger partial charge in [-0.3, -0.25) is 0 Å². The number of carbonyl (C=O) groups is 1. The highest BCUT2D eigenvalue weighted by Crippen LogP contribution is 2.18. The Labute approximate surface area is 110 Å². The van der Waals surface area contributed by atoms with Crippen molar-refractivity contribution in [3.05, 3.63) is 35.9 Å². The van der Waals surface area contributed by atoms with E-state index in [-0.39, 0.29) is 11.8 Å². The van der Waals surface area contributed by atoms with Crippen LogP contribution in [0, 0.1) is 5.41 Å². The monoisotopic (exact) mass is 252 g/mol. The van der Waals surface area contributed by atoms with E-state index >= 15 is 0 Å². The van der Waals surface area contributed by atoms with Crippen LogP contribution in [-0.4, -0.2) is 11.2 Å². The Hall–Kier alpha value is -1.35. The van der Waals surface area contributed by atoms with Crippen molar-refractivity contribution >= 4 is 5.97 Å². The second-order valence-corrected chi connectivity index (χ2v) is 5.77. The second-order valence-electron chi connectivity index (χ2n) is 5.77. The Bertz CT molecular complexity index is 337. The van der Waals surface area contributed by atoms with Gasteiger partial charge in [0.2, 0.25) is 0 Å². The van der Waals surface area contributed by atoms with E-state index < -0.39 is 5.97 Å². The largest absolute Gasteiger partial charge is 0.342 e. The molecule has 1 aromatic rings. The second kappa shape index (κ2) is 7.88. The maximum Gasteiger partial charge on any atom is 0.342 e. The quantitative estimate of drug-likeness (QED) is 0.632. The van der Waals surface area contributed by atoms with Crippen molar-refractivity contribution in [3.63, 3.8) is 0 Å². The van der Waals surface area contributed by atoms with Gasteiger partial charge in [-0.05, 0) is 16.9 Å². The molecule has 0 spiro atoms. The first-order valence-corrected chi connectivity index (χ1v) is 6.15. The molecule has 0 aliphatic carbocycles. The topological polar surface area (TPSA) is 46.5 Å². The highest BCUT2D eigenvalue weighted by Gasteiger charge is 2.16.